The lowest BCUT2D eigenvalue weighted by Gasteiger charge is -2.21. The van der Waals surface area contributed by atoms with Gasteiger partial charge in [-0.3, -0.25) is 0 Å². The Morgan fingerprint density at radius 3 is 2.64 bits per heavy atom. The summed E-state index contributed by atoms with van der Waals surface area (Å²) in [5.41, 5.74) is 9.07. The summed E-state index contributed by atoms with van der Waals surface area (Å²) in [6, 6.07) is 3.92. The molecule has 0 saturated carbocycles. The third-order valence-electron chi connectivity index (χ3n) is 2.06. The number of anilines is 1. The van der Waals surface area contributed by atoms with Gasteiger partial charge in [0.2, 0.25) is 0 Å². The SMILES string of the molecule is CC(N)(C(=O)O)c1cccc(F)c1N. The number of aliphatic carboxylic acids is 1. The van der Waals surface area contributed by atoms with Crippen LogP contribution in [0.25, 0.3) is 0 Å². The van der Waals surface area contributed by atoms with Crippen molar-refractivity contribution in [1.29, 1.82) is 0 Å². The van der Waals surface area contributed by atoms with Crippen molar-refractivity contribution < 1.29 is 14.3 Å². The van der Waals surface area contributed by atoms with Crippen molar-refractivity contribution in [3.63, 3.8) is 0 Å². The van der Waals surface area contributed by atoms with Crippen LogP contribution in [-0.2, 0) is 10.3 Å². The number of nitrogen functional groups attached to an aromatic ring is 1. The van der Waals surface area contributed by atoms with Gasteiger partial charge in [-0.15, -0.1) is 0 Å². The molecule has 0 amide bonds. The second kappa shape index (κ2) is 3.26. The van der Waals surface area contributed by atoms with Gasteiger partial charge in [-0.1, -0.05) is 12.1 Å². The molecule has 0 aliphatic carbocycles. The average molecular weight is 198 g/mol. The van der Waals surface area contributed by atoms with Crippen LogP contribution in [0, 0.1) is 5.82 Å². The first kappa shape index (κ1) is 10.5. The van der Waals surface area contributed by atoms with Crippen LogP contribution < -0.4 is 11.5 Å². The first-order chi connectivity index (χ1) is 6.37. The van der Waals surface area contributed by atoms with Crippen LogP contribution in [0.3, 0.4) is 0 Å². The predicted octanol–water partition coefficient (Wildman–Crippen LogP) is 0.666. The van der Waals surface area contributed by atoms with Crippen molar-refractivity contribution in [3.8, 4) is 0 Å². The number of benzene rings is 1. The van der Waals surface area contributed by atoms with Gasteiger partial charge in [0, 0.05) is 5.56 Å². The number of para-hydroxylation sites is 1. The molecule has 0 fully saturated rings. The second-order valence-electron chi connectivity index (χ2n) is 3.21. The summed E-state index contributed by atoms with van der Waals surface area (Å²) in [5, 5.41) is 8.81. The van der Waals surface area contributed by atoms with E-state index in [2.05, 4.69) is 0 Å². The Morgan fingerprint density at radius 1 is 1.57 bits per heavy atom. The number of carboxylic acids is 1. The van der Waals surface area contributed by atoms with Gasteiger partial charge >= 0.3 is 5.97 Å². The maximum atomic E-state index is 13.0. The Kier molecular flexibility index (Phi) is 2.44. The molecule has 1 unspecified atom stereocenters. The monoisotopic (exact) mass is 198 g/mol. The fraction of sp³-hybridized carbons (Fsp3) is 0.222. The molecule has 0 aliphatic rings. The maximum Gasteiger partial charge on any atom is 0.328 e. The first-order valence-electron chi connectivity index (χ1n) is 3.94. The minimum Gasteiger partial charge on any atom is -0.480 e. The van der Waals surface area contributed by atoms with Gasteiger partial charge in [0.15, 0.2) is 0 Å². The average Bonchev–Trinajstić information content (AvgIpc) is 2.09. The van der Waals surface area contributed by atoms with E-state index in [1.807, 2.05) is 0 Å². The highest BCUT2D eigenvalue weighted by atomic mass is 19.1. The lowest BCUT2D eigenvalue weighted by atomic mass is 9.92. The number of carboxylic acid groups (broad SMARTS) is 1. The normalized spacial score (nSPS) is 14.8. The molecule has 1 rings (SSSR count). The summed E-state index contributed by atoms with van der Waals surface area (Å²) in [4.78, 5) is 10.8. The minimum absolute atomic E-state index is 0.0741. The summed E-state index contributed by atoms with van der Waals surface area (Å²) >= 11 is 0. The van der Waals surface area contributed by atoms with Gasteiger partial charge in [-0.05, 0) is 13.0 Å². The van der Waals surface area contributed by atoms with Crippen LogP contribution in [0.5, 0.6) is 0 Å². The quantitative estimate of drug-likeness (QED) is 0.609. The summed E-state index contributed by atoms with van der Waals surface area (Å²) in [6.07, 6.45) is 0. The van der Waals surface area contributed by atoms with Gasteiger partial charge in [-0.25, -0.2) is 9.18 Å². The summed E-state index contributed by atoms with van der Waals surface area (Å²) in [6.45, 7) is 1.26. The fourth-order valence-corrected chi connectivity index (χ4v) is 1.11. The van der Waals surface area contributed by atoms with Gasteiger partial charge in [0.1, 0.15) is 11.4 Å². The molecule has 0 radical (unpaired) electrons. The van der Waals surface area contributed by atoms with Crippen molar-refractivity contribution in [2.75, 3.05) is 5.73 Å². The number of hydrogen-bond acceptors (Lipinski definition) is 3. The Balaban J connectivity index is 3.33. The lowest BCUT2D eigenvalue weighted by molar-refractivity contribution is -0.143. The molecule has 0 saturated heterocycles. The smallest absolute Gasteiger partial charge is 0.328 e. The van der Waals surface area contributed by atoms with E-state index in [1.165, 1.54) is 19.1 Å². The molecule has 4 nitrogen and oxygen atoms in total. The fourth-order valence-electron chi connectivity index (χ4n) is 1.11. The van der Waals surface area contributed by atoms with Crippen LogP contribution >= 0.6 is 0 Å². The predicted molar refractivity (Wildman–Crippen MR) is 50.0 cm³/mol. The van der Waals surface area contributed by atoms with Crippen molar-refractivity contribution in [2.45, 2.75) is 12.5 Å². The zero-order chi connectivity index (χ0) is 10.9. The van der Waals surface area contributed by atoms with Crippen LogP contribution in [0.4, 0.5) is 10.1 Å². The van der Waals surface area contributed by atoms with E-state index >= 15 is 0 Å². The molecule has 5 heteroatoms. The molecule has 0 heterocycles. The van der Waals surface area contributed by atoms with Gasteiger partial charge < -0.3 is 16.6 Å². The molecule has 0 bridgehead atoms. The topological polar surface area (TPSA) is 89.3 Å². The second-order valence-corrected chi connectivity index (χ2v) is 3.21. The van der Waals surface area contributed by atoms with E-state index in [0.717, 1.165) is 6.07 Å². The molecule has 0 aromatic heterocycles. The van der Waals surface area contributed by atoms with E-state index in [0.29, 0.717) is 0 Å². The van der Waals surface area contributed by atoms with E-state index in [-0.39, 0.29) is 11.3 Å². The van der Waals surface area contributed by atoms with E-state index in [1.54, 1.807) is 0 Å². The number of nitrogens with two attached hydrogens (primary N) is 2. The van der Waals surface area contributed by atoms with E-state index in [9.17, 15) is 9.18 Å². The summed E-state index contributed by atoms with van der Waals surface area (Å²) < 4.78 is 13.0. The molecular formula is C9H11FN2O2. The third-order valence-corrected chi connectivity index (χ3v) is 2.06. The van der Waals surface area contributed by atoms with Crippen LogP contribution in [-0.4, -0.2) is 11.1 Å². The van der Waals surface area contributed by atoms with Gasteiger partial charge in [0.05, 0.1) is 5.69 Å². The Labute approximate surface area is 80.3 Å². The molecule has 0 spiro atoms. The van der Waals surface area contributed by atoms with Crippen molar-refractivity contribution in [3.05, 3.63) is 29.6 Å². The van der Waals surface area contributed by atoms with Crippen molar-refractivity contribution >= 4 is 11.7 Å². The Morgan fingerprint density at radius 2 is 2.14 bits per heavy atom. The first-order valence-corrected chi connectivity index (χ1v) is 3.94. The number of carbonyl (C=O) groups is 1. The molecule has 76 valence electrons. The summed E-state index contributed by atoms with van der Waals surface area (Å²) in [7, 11) is 0. The molecule has 1 atom stereocenters. The van der Waals surface area contributed by atoms with E-state index < -0.39 is 17.3 Å². The largest absolute Gasteiger partial charge is 0.480 e. The molecule has 1 aromatic carbocycles. The van der Waals surface area contributed by atoms with Crippen molar-refractivity contribution in [2.24, 2.45) is 5.73 Å². The molecule has 1 aromatic rings. The molecular weight excluding hydrogens is 187 g/mol. The molecule has 0 aliphatic heterocycles. The van der Waals surface area contributed by atoms with E-state index in [4.69, 9.17) is 16.6 Å². The zero-order valence-electron chi connectivity index (χ0n) is 7.62. The lowest BCUT2D eigenvalue weighted by Crippen LogP contribution is -2.42. The highest BCUT2D eigenvalue weighted by Crippen LogP contribution is 2.26. The highest BCUT2D eigenvalue weighted by molar-refractivity contribution is 5.82. The minimum atomic E-state index is -1.67. The number of hydrogen-bond donors (Lipinski definition) is 3. The van der Waals surface area contributed by atoms with Crippen molar-refractivity contribution in [1.82, 2.24) is 0 Å². The van der Waals surface area contributed by atoms with Crippen LogP contribution in [0.1, 0.15) is 12.5 Å². The van der Waals surface area contributed by atoms with Gasteiger partial charge in [0.25, 0.3) is 0 Å². The molecule has 5 N–H and O–H groups in total. The number of halogens is 1. The van der Waals surface area contributed by atoms with Crippen LogP contribution in [0.2, 0.25) is 0 Å². The standard InChI is InChI=1S/C9H11FN2O2/c1-9(12,8(13)14)5-3-2-4-6(10)7(5)11/h2-4H,11-12H2,1H3,(H,13,14). The summed E-state index contributed by atoms with van der Waals surface area (Å²) in [5.74, 6) is -1.92. The zero-order valence-corrected chi connectivity index (χ0v) is 7.62. The Hall–Kier alpha value is -1.62. The Bertz CT molecular complexity index is 377. The third kappa shape index (κ3) is 1.54. The highest BCUT2D eigenvalue weighted by Gasteiger charge is 2.32. The van der Waals surface area contributed by atoms with Gasteiger partial charge in [-0.2, -0.15) is 0 Å². The molecule has 14 heavy (non-hydrogen) atoms. The van der Waals surface area contributed by atoms with Crippen LogP contribution in [0.15, 0.2) is 18.2 Å². The number of rotatable bonds is 2. The maximum absolute atomic E-state index is 13.0.